The quantitative estimate of drug-likeness (QED) is 0.840. The van der Waals surface area contributed by atoms with Crippen LogP contribution in [0.5, 0.6) is 5.75 Å². The Morgan fingerprint density at radius 2 is 2.19 bits per heavy atom. The molecule has 1 atom stereocenters. The van der Waals surface area contributed by atoms with Gasteiger partial charge in [-0.05, 0) is 26.1 Å². The summed E-state index contributed by atoms with van der Waals surface area (Å²) in [5, 5.41) is 10.1. The van der Waals surface area contributed by atoms with Crippen LogP contribution in [-0.4, -0.2) is 36.4 Å². The second-order valence-electron chi connectivity index (χ2n) is 4.71. The maximum atomic E-state index is 11.6. The van der Waals surface area contributed by atoms with Gasteiger partial charge in [0.15, 0.2) is 0 Å². The number of likely N-dealkylation sites (N-methyl/N-ethyl adjacent to an activating group) is 1. The standard InChI is InChI=1S/C15H20N4O2/c1-11(18-15(20)9-16-2)12-8-17-19(10-12)13-6-4-5-7-14(13)21-3/h4-8,10-11,16H,9H2,1-3H3,(H,18,20)/t11-/m1/s1. The van der Waals surface area contributed by atoms with Crippen LogP contribution < -0.4 is 15.4 Å². The van der Waals surface area contributed by atoms with E-state index in [0.717, 1.165) is 17.0 Å². The minimum Gasteiger partial charge on any atom is -0.494 e. The van der Waals surface area contributed by atoms with E-state index < -0.39 is 0 Å². The van der Waals surface area contributed by atoms with Crippen LogP contribution in [-0.2, 0) is 4.79 Å². The largest absolute Gasteiger partial charge is 0.494 e. The molecule has 6 heteroatoms. The molecule has 0 radical (unpaired) electrons. The Morgan fingerprint density at radius 3 is 2.90 bits per heavy atom. The van der Waals surface area contributed by atoms with E-state index in [1.165, 1.54) is 0 Å². The maximum Gasteiger partial charge on any atom is 0.234 e. The van der Waals surface area contributed by atoms with Gasteiger partial charge in [0.1, 0.15) is 11.4 Å². The van der Waals surface area contributed by atoms with E-state index in [4.69, 9.17) is 4.74 Å². The number of ether oxygens (including phenoxy) is 1. The first-order valence-electron chi connectivity index (χ1n) is 6.77. The predicted molar refractivity (Wildman–Crippen MR) is 80.6 cm³/mol. The van der Waals surface area contributed by atoms with E-state index in [9.17, 15) is 4.79 Å². The van der Waals surface area contributed by atoms with Crippen molar-refractivity contribution in [1.29, 1.82) is 0 Å². The fourth-order valence-corrected chi connectivity index (χ4v) is 2.05. The van der Waals surface area contributed by atoms with Crippen LogP contribution in [0.3, 0.4) is 0 Å². The summed E-state index contributed by atoms with van der Waals surface area (Å²) in [7, 11) is 3.37. The second-order valence-corrected chi connectivity index (χ2v) is 4.71. The highest BCUT2D eigenvalue weighted by molar-refractivity contribution is 5.78. The maximum absolute atomic E-state index is 11.6. The molecule has 0 aliphatic rings. The van der Waals surface area contributed by atoms with Crippen molar-refractivity contribution in [1.82, 2.24) is 20.4 Å². The number of nitrogens with zero attached hydrogens (tertiary/aromatic N) is 2. The number of rotatable bonds is 6. The Bertz CT molecular complexity index is 609. The summed E-state index contributed by atoms with van der Waals surface area (Å²) < 4.78 is 7.07. The third-order valence-electron chi connectivity index (χ3n) is 3.15. The molecule has 112 valence electrons. The van der Waals surface area contributed by atoms with Gasteiger partial charge in [0.2, 0.25) is 5.91 Å². The highest BCUT2D eigenvalue weighted by Gasteiger charge is 2.12. The molecule has 0 spiro atoms. The van der Waals surface area contributed by atoms with Gasteiger partial charge in [-0.25, -0.2) is 4.68 Å². The van der Waals surface area contributed by atoms with E-state index in [0.29, 0.717) is 6.54 Å². The lowest BCUT2D eigenvalue weighted by molar-refractivity contribution is -0.120. The van der Waals surface area contributed by atoms with Crippen LogP contribution in [0.1, 0.15) is 18.5 Å². The van der Waals surface area contributed by atoms with Gasteiger partial charge in [0, 0.05) is 11.8 Å². The number of hydrogen-bond acceptors (Lipinski definition) is 4. The summed E-state index contributed by atoms with van der Waals surface area (Å²) >= 11 is 0. The number of carbonyl (C=O) groups excluding carboxylic acids is 1. The minimum atomic E-state index is -0.102. The molecule has 0 saturated carbocycles. The molecule has 2 N–H and O–H groups in total. The number of benzene rings is 1. The lowest BCUT2D eigenvalue weighted by Gasteiger charge is -2.12. The molecule has 0 unspecified atom stereocenters. The number of aromatic nitrogens is 2. The highest BCUT2D eigenvalue weighted by atomic mass is 16.5. The van der Waals surface area contributed by atoms with Gasteiger partial charge in [0.05, 0.1) is 25.9 Å². The molecule has 0 aliphatic carbocycles. The van der Waals surface area contributed by atoms with Crippen molar-refractivity contribution < 1.29 is 9.53 Å². The molecule has 0 bridgehead atoms. The van der Waals surface area contributed by atoms with Gasteiger partial charge >= 0.3 is 0 Å². The molecule has 1 amide bonds. The van der Waals surface area contributed by atoms with Crippen molar-refractivity contribution in [3.05, 3.63) is 42.2 Å². The highest BCUT2D eigenvalue weighted by Crippen LogP contribution is 2.22. The fraction of sp³-hybridized carbons (Fsp3) is 0.333. The number of para-hydroxylation sites is 2. The van der Waals surface area contributed by atoms with Gasteiger partial charge in [-0.15, -0.1) is 0 Å². The Kier molecular flexibility index (Phi) is 4.94. The fourth-order valence-electron chi connectivity index (χ4n) is 2.05. The Labute approximate surface area is 124 Å². The van der Waals surface area contributed by atoms with Crippen molar-refractivity contribution in [2.45, 2.75) is 13.0 Å². The number of methoxy groups -OCH3 is 1. The van der Waals surface area contributed by atoms with Crippen molar-refractivity contribution in [2.24, 2.45) is 0 Å². The molecule has 1 heterocycles. The molecule has 1 aromatic carbocycles. The van der Waals surface area contributed by atoms with Crippen LogP contribution >= 0.6 is 0 Å². The molecule has 2 aromatic rings. The minimum absolute atomic E-state index is 0.0463. The number of carbonyl (C=O) groups is 1. The Hall–Kier alpha value is -2.34. The summed E-state index contributed by atoms with van der Waals surface area (Å²) in [6.07, 6.45) is 3.64. The van der Waals surface area contributed by atoms with Crippen LogP contribution in [0.25, 0.3) is 5.69 Å². The SMILES string of the molecule is CNCC(=O)N[C@H](C)c1cnn(-c2ccccc2OC)c1. The van der Waals surface area contributed by atoms with Crippen LogP contribution in [0, 0.1) is 0 Å². The number of amides is 1. The molecule has 0 saturated heterocycles. The van der Waals surface area contributed by atoms with Gasteiger partial charge in [0.25, 0.3) is 0 Å². The molecule has 0 aliphatic heterocycles. The lowest BCUT2D eigenvalue weighted by atomic mass is 10.2. The molecule has 2 rings (SSSR count). The van der Waals surface area contributed by atoms with Crippen molar-refractivity contribution in [3.63, 3.8) is 0 Å². The van der Waals surface area contributed by atoms with E-state index in [-0.39, 0.29) is 11.9 Å². The zero-order valence-electron chi connectivity index (χ0n) is 12.5. The summed E-state index contributed by atoms with van der Waals surface area (Å²) in [6.45, 7) is 2.22. The molecule has 6 nitrogen and oxygen atoms in total. The number of nitrogens with one attached hydrogen (secondary N) is 2. The average Bonchev–Trinajstić information content (AvgIpc) is 2.97. The summed E-state index contributed by atoms with van der Waals surface area (Å²) in [4.78, 5) is 11.6. The van der Waals surface area contributed by atoms with Gasteiger partial charge in [-0.1, -0.05) is 12.1 Å². The van der Waals surface area contributed by atoms with Crippen molar-refractivity contribution in [2.75, 3.05) is 20.7 Å². The zero-order chi connectivity index (χ0) is 15.2. The van der Waals surface area contributed by atoms with Gasteiger partial charge in [-0.2, -0.15) is 5.10 Å². The summed E-state index contributed by atoms with van der Waals surface area (Å²) in [5.74, 6) is 0.703. The van der Waals surface area contributed by atoms with Gasteiger partial charge in [-0.3, -0.25) is 4.79 Å². The van der Waals surface area contributed by atoms with E-state index in [1.54, 1.807) is 25.0 Å². The first-order valence-corrected chi connectivity index (χ1v) is 6.77. The Balaban J connectivity index is 2.16. The van der Waals surface area contributed by atoms with Crippen molar-refractivity contribution >= 4 is 5.91 Å². The monoisotopic (exact) mass is 288 g/mol. The smallest absolute Gasteiger partial charge is 0.234 e. The molecule has 0 fully saturated rings. The first-order chi connectivity index (χ1) is 10.2. The van der Waals surface area contributed by atoms with Gasteiger partial charge < -0.3 is 15.4 Å². The first kappa shape index (κ1) is 15.1. The summed E-state index contributed by atoms with van der Waals surface area (Å²) in [5.41, 5.74) is 1.80. The van der Waals surface area contributed by atoms with E-state index in [1.807, 2.05) is 37.4 Å². The van der Waals surface area contributed by atoms with E-state index >= 15 is 0 Å². The van der Waals surface area contributed by atoms with Crippen LogP contribution in [0.15, 0.2) is 36.7 Å². The molecular weight excluding hydrogens is 268 g/mol. The number of hydrogen-bond donors (Lipinski definition) is 2. The summed E-state index contributed by atoms with van der Waals surface area (Å²) in [6, 6.07) is 7.55. The predicted octanol–water partition coefficient (Wildman–Crippen LogP) is 1.28. The van der Waals surface area contributed by atoms with Crippen molar-refractivity contribution in [3.8, 4) is 11.4 Å². The topological polar surface area (TPSA) is 68.2 Å². The lowest BCUT2D eigenvalue weighted by Crippen LogP contribution is -2.33. The van der Waals surface area contributed by atoms with E-state index in [2.05, 4.69) is 15.7 Å². The molecule has 21 heavy (non-hydrogen) atoms. The molecule has 1 aromatic heterocycles. The van der Waals surface area contributed by atoms with Crippen LogP contribution in [0.4, 0.5) is 0 Å². The normalized spacial score (nSPS) is 12.0. The zero-order valence-corrected chi connectivity index (χ0v) is 12.5. The second kappa shape index (κ2) is 6.90. The molecular formula is C15H20N4O2. The third-order valence-corrected chi connectivity index (χ3v) is 3.15. The third kappa shape index (κ3) is 3.61. The average molecular weight is 288 g/mol. The van der Waals surface area contributed by atoms with Crippen LogP contribution in [0.2, 0.25) is 0 Å². The Morgan fingerprint density at radius 1 is 1.43 bits per heavy atom.